The lowest BCUT2D eigenvalue weighted by Gasteiger charge is -2.28. The van der Waals surface area contributed by atoms with E-state index in [4.69, 9.17) is 10.5 Å². The molecule has 1 aromatic carbocycles. The van der Waals surface area contributed by atoms with Gasteiger partial charge < -0.3 is 10.5 Å². The molecule has 19 heavy (non-hydrogen) atoms. The molecule has 1 aromatic rings. The first-order chi connectivity index (χ1) is 8.53. The Morgan fingerprint density at radius 3 is 2.11 bits per heavy atom. The molecule has 1 rings (SSSR count). The van der Waals surface area contributed by atoms with Crippen molar-refractivity contribution < 1.29 is 18.3 Å². The minimum absolute atomic E-state index is 0.210. The first kappa shape index (κ1) is 15.6. The third-order valence-electron chi connectivity index (χ3n) is 2.47. The van der Waals surface area contributed by atoms with Crippen LogP contribution in [-0.2, 0) is 16.0 Å². The van der Waals surface area contributed by atoms with Crippen molar-refractivity contribution in [3.05, 3.63) is 35.4 Å². The molecule has 0 aromatic heterocycles. The SMILES string of the molecule is CC(C)(C)OC(=O)[C@@](C)(N)Cc1c(F)cccc1F. The molecule has 0 aliphatic carbocycles. The molecule has 5 heteroatoms. The summed E-state index contributed by atoms with van der Waals surface area (Å²) in [4.78, 5) is 11.9. The zero-order valence-electron chi connectivity index (χ0n) is 11.6. The second-order valence-electron chi connectivity index (χ2n) is 5.80. The van der Waals surface area contributed by atoms with E-state index in [1.54, 1.807) is 20.8 Å². The Morgan fingerprint density at radius 2 is 1.68 bits per heavy atom. The molecule has 2 N–H and O–H groups in total. The molecule has 0 unspecified atom stereocenters. The van der Waals surface area contributed by atoms with Gasteiger partial charge in [-0.2, -0.15) is 0 Å². The Balaban J connectivity index is 2.93. The van der Waals surface area contributed by atoms with E-state index < -0.39 is 28.7 Å². The molecular formula is C14H19F2NO2. The highest BCUT2D eigenvalue weighted by Crippen LogP contribution is 2.20. The maximum Gasteiger partial charge on any atom is 0.326 e. The molecule has 0 heterocycles. The zero-order chi connectivity index (χ0) is 14.8. The van der Waals surface area contributed by atoms with Crippen LogP contribution < -0.4 is 5.73 Å². The predicted octanol–water partition coefficient (Wildman–Crippen LogP) is 2.57. The van der Waals surface area contributed by atoms with Gasteiger partial charge in [0.05, 0.1) is 0 Å². The maximum atomic E-state index is 13.5. The molecule has 0 aliphatic rings. The van der Waals surface area contributed by atoms with Crippen LogP contribution in [0.4, 0.5) is 8.78 Å². The fourth-order valence-electron chi connectivity index (χ4n) is 1.54. The number of halogens is 2. The van der Waals surface area contributed by atoms with Gasteiger partial charge in [-0.05, 0) is 39.8 Å². The fourth-order valence-corrected chi connectivity index (χ4v) is 1.54. The average Bonchev–Trinajstić information content (AvgIpc) is 2.21. The number of ether oxygens (including phenoxy) is 1. The number of hydrogen-bond donors (Lipinski definition) is 1. The van der Waals surface area contributed by atoms with Gasteiger partial charge in [0.25, 0.3) is 0 Å². The molecule has 0 saturated carbocycles. The molecule has 0 saturated heterocycles. The first-order valence-corrected chi connectivity index (χ1v) is 5.98. The number of carbonyl (C=O) groups excluding carboxylic acids is 1. The highest BCUT2D eigenvalue weighted by molar-refractivity contribution is 5.80. The average molecular weight is 271 g/mol. The van der Waals surface area contributed by atoms with Crippen LogP contribution in [0.2, 0.25) is 0 Å². The van der Waals surface area contributed by atoms with E-state index in [9.17, 15) is 13.6 Å². The minimum atomic E-state index is -1.49. The highest BCUT2D eigenvalue weighted by atomic mass is 19.1. The van der Waals surface area contributed by atoms with Gasteiger partial charge in [-0.25, -0.2) is 8.78 Å². The largest absolute Gasteiger partial charge is 0.459 e. The normalized spacial score (nSPS) is 14.9. The van der Waals surface area contributed by atoms with Crippen molar-refractivity contribution in [3.8, 4) is 0 Å². The quantitative estimate of drug-likeness (QED) is 0.860. The van der Waals surface area contributed by atoms with Gasteiger partial charge in [-0.3, -0.25) is 4.79 Å². The van der Waals surface area contributed by atoms with Crippen LogP contribution in [0.15, 0.2) is 18.2 Å². The standard InChI is InChI=1S/C14H19F2NO2/c1-13(2,3)19-12(18)14(4,17)8-9-10(15)6-5-7-11(9)16/h5-7H,8,17H2,1-4H3/t14-/m0/s1. The number of rotatable bonds is 3. The maximum absolute atomic E-state index is 13.5. The van der Waals surface area contributed by atoms with Crippen molar-refractivity contribution >= 4 is 5.97 Å². The number of carbonyl (C=O) groups is 1. The third kappa shape index (κ3) is 4.28. The molecule has 106 valence electrons. The molecule has 0 radical (unpaired) electrons. The summed E-state index contributed by atoms with van der Waals surface area (Å²) in [5.74, 6) is -2.14. The van der Waals surface area contributed by atoms with E-state index in [2.05, 4.69) is 0 Å². The lowest BCUT2D eigenvalue weighted by atomic mass is 9.93. The van der Waals surface area contributed by atoms with Crippen molar-refractivity contribution in [2.75, 3.05) is 0 Å². The summed E-state index contributed by atoms with van der Waals surface area (Å²) < 4.78 is 32.2. The van der Waals surface area contributed by atoms with Gasteiger partial charge in [0.15, 0.2) is 0 Å². The van der Waals surface area contributed by atoms with E-state index in [1.165, 1.54) is 13.0 Å². The zero-order valence-corrected chi connectivity index (χ0v) is 11.6. The van der Waals surface area contributed by atoms with Gasteiger partial charge >= 0.3 is 5.97 Å². The van der Waals surface area contributed by atoms with Gasteiger partial charge in [-0.1, -0.05) is 6.07 Å². The molecule has 0 bridgehead atoms. The monoisotopic (exact) mass is 271 g/mol. The van der Waals surface area contributed by atoms with E-state index in [0.29, 0.717) is 0 Å². The van der Waals surface area contributed by atoms with E-state index in [-0.39, 0.29) is 12.0 Å². The summed E-state index contributed by atoms with van der Waals surface area (Å²) in [5, 5.41) is 0. The molecule has 1 atom stereocenters. The summed E-state index contributed by atoms with van der Waals surface area (Å²) >= 11 is 0. The van der Waals surface area contributed by atoms with Crippen LogP contribution in [0, 0.1) is 11.6 Å². The van der Waals surface area contributed by atoms with Crippen LogP contribution in [-0.4, -0.2) is 17.1 Å². The molecule has 0 aliphatic heterocycles. The van der Waals surface area contributed by atoms with Crippen molar-refractivity contribution in [1.29, 1.82) is 0 Å². The number of hydrogen-bond acceptors (Lipinski definition) is 3. The molecular weight excluding hydrogens is 252 g/mol. The predicted molar refractivity (Wildman–Crippen MR) is 68.5 cm³/mol. The lowest BCUT2D eigenvalue weighted by molar-refractivity contribution is -0.161. The van der Waals surface area contributed by atoms with Gasteiger partial charge in [0.2, 0.25) is 0 Å². The third-order valence-corrected chi connectivity index (χ3v) is 2.47. The fraction of sp³-hybridized carbons (Fsp3) is 0.500. The van der Waals surface area contributed by atoms with Crippen LogP contribution in [0.5, 0.6) is 0 Å². The topological polar surface area (TPSA) is 52.3 Å². The number of esters is 1. The Bertz CT molecular complexity index is 459. The van der Waals surface area contributed by atoms with Crippen LogP contribution in [0.1, 0.15) is 33.3 Å². The summed E-state index contributed by atoms with van der Waals surface area (Å²) in [5.41, 5.74) is 3.43. The first-order valence-electron chi connectivity index (χ1n) is 5.98. The van der Waals surface area contributed by atoms with Gasteiger partial charge in [-0.15, -0.1) is 0 Å². The molecule has 3 nitrogen and oxygen atoms in total. The summed E-state index contributed by atoms with van der Waals surface area (Å²) in [6.07, 6.45) is -0.263. The molecule has 0 spiro atoms. The lowest BCUT2D eigenvalue weighted by Crippen LogP contribution is -2.50. The van der Waals surface area contributed by atoms with Crippen molar-refractivity contribution in [3.63, 3.8) is 0 Å². The van der Waals surface area contributed by atoms with Gasteiger partial charge in [0.1, 0.15) is 22.8 Å². The van der Waals surface area contributed by atoms with Crippen LogP contribution in [0.3, 0.4) is 0 Å². The second-order valence-corrected chi connectivity index (χ2v) is 5.80. The Labute approximate surface area is 111 Å². The van der Waals surface area contributed by atoms with Crippen LogP contribution >= 0.6 is 0 Å². The highest BCUT2D eigenvalue weighted by Gasteiger charge is 2.35. The number of nitrogens with two attached hydrogens (primary N) is 1. The minimum Gasteiger partial charge on any atom is -0.459 e. The summed E-state index contributed by atoms with van der Waals surface area (Å²) in [7, 11) is 0. The Hall–Kier alpha value is -1.49. The van der Waals surface area contributed by atoms with Crippen LogP contribution in [0.25, 0.3) is 0 Å². The summed E-state index contributed by atoms with van der Waals surface area (Å²) in [6.45, 7) is 6.49. The Kier molecular flexibility index (Phi) is 4.30. The van der Waals surface area contributed by atoms with Crippen molar-refractivity contribution in [1.82, 2.24) is 0 Å². The Morgan fingerprint density at radius 1 is 1.21 bits per heavy atom. The van der Waals surface area contributed by atoms with E-state index in [0.717, 1.165) is 12.1 Å². The summed E-state index contributed by atoms with van der Waals surface area (Å²) in [6, 6.07) is 3.52. The van der Waals surface area contributed by atoms with Crippen molar-refractivity contribution in [2.45, 2.75) is 45.3 Å². The van der Waals surface area contributed by atoms with E-state index in [1.807, 2.05) is 0 Å². The smallest absolute Gasteiger partial charge is 0.326 e. The van der Waals surface area contributed by atoms with E-state index >= 15 is 0 Å². The van der Waals surface area contributed by atoms with Crippen molar-refractivity contribution in [2.24, 2.45) is 5.73 Å². The molecule has 0 fully saturated rings. The second kappa shape index (κ2) is 5.25. The van der Waals surface area contributed by atoms with Gasteiger partial charge in [0, 0.05) is 12.0 Å². The molecule has 0 amide bonds. The number of benzene rings is 1.